The maximum Gasteiger partial charge on any atom is 0.416 e. The summed E-state index contributed by atoms with van der Waals surface area (Å²) in [6.45, 7) is 3.73. The molecule has 0 radical (unpaired) electrons. The van der Waals surface area contributed by atoms with E-state index < -0.39 is 11.7 Å². The van der Waals surface area contributed by atoms with E-state index in [0.717, 1.165) is 29.5 Å². The fourth-order valence-electron chi connectivity index (χ4n) is 3.10. The van der Waals surface area contributed by atoms with Gasteiger partial charge in [0.05, 0.1) is 11.3 Å². The van der Waals surface area contributed by atoms with Gasteiger partial charge in [-0.2, -0.15) is 13.2 Å². The molecule has 0 bridgehead atoms. The van der Waals surface area contributed by atoms with Crippen LogP contribution in [-0.4, -0.2) is 38.8 Å². The molecular formula is C23H23F3N4O2S. The minimum Gasteiger partial charge on any atom is -0.356 e. The van der Waals surface area contributed by atoms with Gasteiger partial charge in [-0.1, -0.05) is 47.7 Å². The van der Waals surface area contributed by atoms with Gasteiger partial charge in [-0.3, -0.25) is 14.2 Å². The highest BCUT2D eigenvalue weighted by molar-refractivity contribution is 7.99. The molecule has 0 fully saturated rings. The zero-order valence-electron chi connectivity index (χ0n) is 18.1. The third kappa shape index (κ3) is 6.67. The summed E-state index contributed by atoms with van der Waals surface area (Å²) in [6.07, 6.45) is -3.58. The molecule has 0 aliphatic carbocycles. The van der Waals surface area contributed by atoms with E-state index in [4.69, 9.17) is 0 Å². The first-order chi connectivity index (χ1) is 15.6. The fraction of sp³-hybridized carbons (Fsp3) is 0.304. The molecule has 0 aliphatic rings. The van der Waals surface area contributed by atoms with E-state index >= 15 is 0 Å². The van der Waals surface area contributed by atoms with E-state index in [1.807, 2.05) is 19.1 Å². The first kappa shape index (κ1) is 24.5. The van der Waals surface area contributed by atoms with Crippen LogP contribution in [-0.2, 0) is 17.4 Å². The molecule has 0 saturated heterocycles. The third-order valence-electron chi connectivity index (χ3n) is 4.79. The number of ketones is 1. The Kier molecular flexibility index (Phi) is 7.91. The fourth-order valence-corrected chi connectivity index (χ4v) is 3.97. The van der Waals surface area contributed by atoms with Crippen LogP contribution >= 0.6 is 11.8 Å². The number of rotatable bonds is 9. The minimum absolute atomic E-state index is 0.0616. The molecule has 0 unspecified atom stereocenters. The zero-order chi connectivity index (χ0) is 24.0. The molecule has 10 heteroatoms. The number of amides is 1. The number of halogens is 3. The Labute approximate surface area is 193 Å². The number of carbonyl (C=O) groups is 2. The van der Waals surface area contributed by atoms with Gasteiger partial charge < -0.3 is 5.32 Å². The van der Waals surface area contributed by atoms with Crippen molar-refractivity contribution in [1.29, 1.82) is 0 Å². The maximum absolute atomic E-state index is 13.3. The average molecular weight is 477 g/mol. The second kappa shape index (κ2) is 10.7. The highest BCUT2D eigenvalue weighted by atomic mass is 32.2. The normalized spacial score (nSPS) is 11.4. The van der Waals surface area contributed by atoms with Gasteiger partial charge in [0.1, 0.15) is 5.82 Å². The summed E-state index contributed by atoms with van der Waals surface area (Å²) in [5.74, 6) is 0.224. The summed E-state index contributed by atoms with van der Waals surface area (Å²) in [5.41, 5.74) is 1.06. The maximum atomic E-state index is 13.3. The second-order valence-corrected chi connectivity index (χ2v) is 8.39. The molecule has 3 aromatic rings. The van der Waals surface area contributed by atoms with Gasteiger partial charge in [0, 0.05) is 31.1 Å². The molecule has 0 spiro atoms. The predicted molar refractivity (Wildman–Crippen MR) is 120 cm³/mol. The van der Waals surface area contributed by atoms with E-state index in [0.29, 0.717) is 35.9 Å². The molecule has 174 valence electrons. The van der Waals surface area contributed by atoms with Crippen LogP contribution in [0.2, 0.25) is 0 Å². The Morgan fingerprint density at radius 1 is 1.09 bits per heavy atom. The average Bonchev–Trinajstić information content (AvgIpc) is 3.17. The Bertz CT molecular complexity index is 1130. The van der Waals surface area contributed by atoms with Crippen LogP contribution in [0.15, 0.2) is 53.7 Å². The molecule has 1 aromatic heterocycles. The number of hydrogen-bond acceptors (Lipinski definition) is 5. The number of thioether (sulfide) groups is 1. The molecule has 6 nitrogen and oxygen atoms in total. The molecule has 0 atom stereocenters. The van der Waals surface area contributed by atoms with Gasteiger partial charge >= 0.3 is 6.18 Å². The van der Waals surface area contributed by atoms with Crippen molar-refractivity contribution in [3.05, 3.63) is 71.0 Å². The van der Waals surface area contributed by atoms with Crippen molar-refractivity contribution >= 4 is 23.5 Å². The lowest BCUT2D eigenvalue weighted by Gasteiger charge is -2.13. The van der Waals surface area contributed by atoms with Gasteiger partial charge in [-0.15, -0.1) is 10.2 Å². The Morgan fingerprint density at radius 3 is 2.48 bits per heavy atom. The van der Waals surface area contributed by atoms with Crippen molar-refractivity contribution in [2.24, 2.45) is 0 Å². The molecule has 1 N–H and O–H groups in total. The van der Waals surface area contributed by atoms with Crippen LogP contribution in [0.1, 0.15) is 40.7 Å². The minimum atomic E-state index is -4.50. The number of carbonyl (C=O) groups excluding carboxylic acids is 2. The van der Waals surface area contributed by atoms with Gasteiger partial charge in [0.25, 0.3) is 0 Å². The Morgan fingerprint density at radius 2 is 1.82 bits per heavy atom. The smallest absolute Gasteiger partial charge is 0.356 e. The SMILES string of the molecule is CC(=O)NCCCc1nnc(SCC(=O)c2ccc(C)cc2)n1-c1cccc(C(F)(F)F)c1. The van der Waals surface area contributed by atoms with E-state index in [1.165, 1.54) is 17.6 Å². The van der Waals surface area contributed by atoms with Crippen LogP contribution < -0.4 is 5.32 Å². The molecule has 0 aliphatic heterocycles. The van der Waals surface area contributed by atoms with Gasteiger partial charge in [-0.25, -0.2) is 0 Å². The predicted octanol–water partition coefficient (Wildman–Crippen LogP) is 4.64. The van der Waals surface area contributed by atoms with Crippen LogP contribution in [0.25, 0.3) is 5.69 Å². The van der Waals surface area contributed by atoms with Crippen molar-refractivity contribution in [3.8, 4) is 5.69 Å². The first-order valence-electron chi connectivity index (χ1n) is 10.2. The van der Waals surface area contributed by atoms with Crippen molar-refractivity contribution in [2.45, 2.75) is 38.0 Å². The second-order valence-electron chi connectivity index (χ2n) is 7.45. The van der Waals surface area contributed by atoms with Gasteiger partial charge in [-0.05, 0) is 31.5 Å². The van der Waals surface area contributed by atoms with E-state index in [-0.39, 0.29) is 23.1 Å². The number of nitrogens with zero attached hydrogens (tertiary/aromatic N) is 3. The lowest BCUT2D eigenvalue weighted by molar-refractivity contribution is -0.137. The van der Waals surface area contributed by atoms with Crippen LogP contribution in [0.5, 0.6) is 0 Å². The number of nitrogens with one attached hydrogen (secondary N) is 1. The summed E-state index contributed by atoms with van der Waals surface area (Å²) < 4.78 is 41.4. The summed E-state index contributed by atoms with van der Waals surface area (Å²) in [7, 11) is 0. The Balaban J connectivity index is 1.86. The highest BCUT2D eigenvalue weighted by Gasteiger charge is 2.31. The number of aromatic nitrogens is 3. The highest BCUT2D eigenvalue weighted by Crippen LogP contribution is 2.32. The molecule has 3 rings (SSSR count). The quantitative estimate of drug-likeness (QED) is 0.277. The van der Waals surface area contributed by atoms with Crippen molar-refractivity contribution in [1.82, 2.24) is 20.1 Å². The van der Waals surface area contributed by atoms with Crippen molar-refractivity contribution in [3.63, 3.8) is 0 Å². The molecular weight excluding hydrogens is 453 g/mol. The monoisotopic (exact) mass is 476 g/mol. The van der Waals surface area contributed by atoms with Crippen LogP contribution in [0.3, 0.4) is 0 Å². The van der Waals surface area contributed by atoms with Gasteiger partial charge in [0.2, 0.25) is 5.91 Å². The molecule has 2 aromatic carbocycles. The number of Topliss-reactive ketones (excluding diaryl/α,β-unsaturated/α-hetero) is 1. The molecule has 1 heterocycles. The largest absolute Gasteiger partial charge is 0.416 e. The van der Waals surface area contributed by atoms with Crippen LogP contribution in [0.4, 0.5) is 13.2 Å². The van der Waals surface area contributed by atoms with Crippen molar-refractivity contribution < 1.29 is 22.8 Å². The van der Waals surface area contributed by atoms with E-state index in [1.54, 1.807) is 18.2 Å². The first-order valence-corrected chi connectivity index (χ1v) is 11.2. The number of alkyl halides is 3. The standard InChI is InChI=1S/C23H23F3N4O2S/c1-15-8-10-17(11-9-15)20(32)14-33-22-29-28-21(7-4-12-27-16(2)31)30(22)19-6-3-5-18(13-19)23(24,25)26/h3,5-6,8-11,13H,4,7,12,14H2,1-2H3,(H,27,31). The summed E-state index contributed by atoms with van der Waals surface area (Å²) >= 11 is 1.12. The number of aryl methyl sites for hydroxylation is 2. The van der Waals surface area contributed by atoms with Gasteiger partial charge in [0.15, 0.2) is 10.9 Å². The lowest BCUT2D eigenvalue weighted by atomic mass is 10.1. The number of benzene rings is 2. The summed E-state index contributed by atoms with van der Waals surface area (Å²) in [4.78, 5) is 23.7. The third-order valence-corrected chi connectivity index (χ3v) is 5.72. The molecule has 1 amide bonds. The van der Waals surface area contributed by atoms with E-state index in [9.17, 15) is 22.8 Å². The molecule has 33 heavy (non-hydrogen) atoms. The van der Waals surface area contributed by atoms with Crippen molar-refractivity contribution in [2.75, 3.05) is 12.3 Å². The summed E-state index contributed by atoms with van der Waals surface area (Å²) in [6, 6.07) is 12.1. The lowest BCUT2D eigenvalue weighted by Crippen LogP contribution is -2.21. The molecule has 0 saturated carbocycles. The topological polar surface area (TPSA) is 76.9 Å². The van der Waals surface area contributed by atoms with Crippen LogP contribution in [0, 0.1) is 6.92 Å². The Hall–Kier alpha value is -3.14. The number of hydrogen-bond donors (Lipinski definition) is 1. The van der Waals surface area contributed by atoms with E-state index in [2.05, 4.69) is 15.5 Å². The zero-order valence-corrected chi connectivity index (χ0v) is 19.0. The summed E-state index contributed by atoms with van der Waals surface area (Å²) in [5, 5.41) is 11.3.